The Hall–Kier alpha value is -0.164. The van der Waals surface area contributed by atoms with E-state index in [1.165, 1.54) is 38.5 Å². The molecule has 1 aromatic carbocycles. The molecule has 0 aliphatic carbocycles. The van der Waals surface area contributed by atoms with E-state index in [0.29, 0.717) is 0 Å². The summed E-state index contributed by atoms with van der Waals surface area (Å²) in [6.45, 7) is 3.11. The van der Waals surface area contributed by atoms with Gasteiger partial charge in [0, 0.05) is 0 Å². The summed E-state index contributed by atoms with van der Waals surface area (Å²) in [5.74, 6) is 0.972. The van der Waals surface area contributed by atoms with Gasteiger partial charge in [-0.15, -0.1) is 0 Å². The summed E-state index contributed by atoms with van der Waals surface area (Å²) in [4.78, 5) is 0. The van der Waals surface area contributed by atoms with Gasteiger partial charge < -0.3 is 0 Å². The summed E-state index contributed by atoms with van der Waals surface area (Å²) in [6.07, 6.45) is 10.1. The van der Waals surface area contributed by atoms with E-state index in [9.17, 15) is 5.11 Å². The van der Waals surface area contributed by atoms with Crippen LogP contribution in [-0.2, 0) is 4.74 Å². The third-order valence-corrected chi connectivity index (χ3v) is 6.25. The molecule has 3 nitrogen and oxygen atoms in total. The van der Waals surface area contributed by atoms with Gasteiger partial charge in [-0.05, 0) is 0 Å². The third-order valence-electron chi connectivity index (χ3n) is 3.75. The molecule has 0 aliphatic heterocycles. The molecule has 23 heavy (non-hydrogen) atoms. The van der Waals surface area contributed by atoms with Gasteiger partial charge in [0.1, 0.15) is 0 Å². The molecule has 0 bridgehead atoms. The van der Waals surface area contributed by atoms with Gasteiger partial charge in [-0.25, -0.2) is 0 Å². The number of ether oxygens (including phenoxy) is 1. The zero-order chi connectivity index (χ0) is 16.6. The van der Waals surface area contributed by atoms with E-state index in [-0.39, 0.29) is 12.7 Å². The predicted molar refractivity (Wildman–Crippen MR) is 97.1 cm³/mol. The van der Waals surface area contributed by atoms with Crippen molar-refractivity contribution in [3.05, 3.63) is 30.3 Å². The second-order valence-electron chi connectivity index (χ2n) is 5.80. The van der Waals surface area contributed by atoms with Crippen LogP contribution in [0, 0.1) is 0 Å². The van der Waals surface area contributed by atoms with Crippen molar-refractivity contribution < 1.29 is 12.6 Å². The van der Waals surface area contributed by atoms with Crippen LogP contribution in [0.15, 0.2) is 30.3 Å². The first kappa shape index (κ1) is 20.9. The molecular formula is C19H32O3Po. The number of hydrogen-bond donors (Lipinski definition) is 1. The Bertz CT molecular complexity index is 359. The van der Waals surface area contributed by atoms with Crippen LogP contribution in [0.3, 0.4) is 0 Å². The molecule has 1 unspecified atom stereocenters. The van der Waals surface area contributed by atoms with E-state index in [1.807, 2.05) is 30.3 Å². The van der Waals surface area contributed by atoms with Crippen molar-refractivity contribution in [3.63, 3.8) is 0 Å². The maximum absolute atomic E-state index is 9.39. The Morgan fingerprint density at radius 3 is 2.39 bits per heavy atom. The van der Waals surface area contributed by atoms with Gasteiger partial charge >= 0.3 is 147 Å². The molecule has 1 rings (SSSR count). The van der Waals surface area contributed by atoms with E-state index >= 15 is 0 Å². The van der Waals surface area contributed by atoms with Gasteiger partial charge in [-0.3, -0.25) is 0 Å². The third kappa shape index (κ3) is 11.9. The summed E-state index contributed by atoms with van der Waals surface area (Å²) in [6, 6.07) is 9.98. The summed E-state index contributed by atoms with van der Waals surface area (Å²) < 4.78 is 12.6. The number of unbranched alkanes of at least 4 members (excludes halogenated alkanes) is 6. The van der Waals surface area contributed by atoms with Crippen LogP contribution in [0.1, 0.15) is 58.3 Å². The predicted octanol–water partition coefficient (Wildman–Crippen LogP) is 4.62. The van der Waals surface area contributed by atoms with Crippen LogP contribution < -0.4 is 2.77 Å². The van der Waals surface area contributed by atoms with Crippen LogP contribution in [0.4, 0.5) is 0 Å². The summed E-state index contributed by atoms with van der Waals surface area (Å²) >= 11 is -0.826. The molecule has 4 heteroatoms. The molecule has 0 aliphatic rings. The first-order valence-electron chi connectivity index (χ1n) is 8.93. The second kappa shape index (κ2) is 15.4. The maximum atomic E-state index is 9.39. The zero-order valence-electron chi connectivity index (χ0n) is 14.4. The average Bonchev–Trinajstić information content (AvgIpc) is 2.59. The van der Waals surface area contributed by atoms with E-state index in [4.69, 9.17) is 7.51 Å². The number of aliphatic hydroxyl groups is 1. The fourth-order valence-corrected chi connectivity index (χ4v) is 4.31. The normalized spacial score (nSPS) is 12.3. The van der Waals surface area contributed by atoms with E-state index in [0.717, 1.165) is 29.3 Å². The van der Waals surface area contributed by atoms with Crippen molar-refractivity contribution in [2.75, 3.05) is 13.2 Å². The van der Waals surface area contributed by atoms with Crippen LogP contribution in [-0.4, -0.2) is 48.4 Å². The minimum absolute atomic E-state index is 0.0150. The molecule has 0 saturated heterocycles. The Morgan fingerprint density at radius 2 is 1.70 bits per heavy atom. The topological polar surface area (TPSA) is 38.7 Å². The molecule has 1 aromatic rings. The van der Waals surface area contributed by atoms with E-state index in [1.54, 1.807) is 0 Å². The minimum atomic E-state index is -0.826. The fourth-order valence-electron chi connectivity index (χ4n) is 2.39. The second-order valence-corrected chi connectivity index (χ2v) is 8.95. The first-order valence-corrected chi connectivity index (χ1v) is 12.5. The molecular weight excluding hydrogens is 485 g/mol. The van der Waals surface area contributed by atoms with Gasteiger partial charge in [-0.1, -0.05) is 6.92 Å². The van der Waals surface area contributed by atoms with Crippen LogP contribution in [0.25, 0.3) is 0 Å². The van der Waals surface area contributed by atoms with Crippen molar-refractivity contribution in [2.24, 2.45) is 0 Å². The van der Waals surface area contributed by atoms with Gasteiger partial charge in [0.25, 0.3) is 0 Å². The molecule has 0 saturated carbocycles. The number of rotatable bonds is 15. The van der Waals surface area contributed by atoms with Crippen molar-refractivity contribution in [1.82, 2.24) is 0 Å². The van der Waals surface area contributed by atoms with Crippen molar-refractivity contribution in [2.45, 2.75) is 68.5 Å². The quantitative estimate of drug-likeness (QED) is 0.345. The van der Waals surface area contributed by atoms with Crippen LogP contribution in [0.5, 0.6) is 5.75 Å². The Labute approximate surface area is 154 Å². The van der Waals surface area contributed by atoms with Crippen molar-refractivity contribution >= 4 is 24.0 Å². The summed E-state index contributed by atoms with van der Waals surface area (Å²) in [5.41, 5.74) is 0. The van der Waals surface area contributed by atoms with Gasteiger partial charge in [-0.2, -0.15) is 0 Å². The summed E-state index contributed by atoms with van der Waals surface area (Å²) in [7, 11) is 0. The Kier molecular flexibility index (Phi) is 14.0. The first-order chi connectivity index (χ1) is 11.4. The number of aliphatic hydroxyl groups excluding tert-OH is 1. The standard InChI is InChI=1S/C13H27O2.C6H6O.Po/c1-3-5-6-7-8-9-10-11-13(12-14)15-4-2;7-6-4-2-1-3-5-6;/h13-14H,2-12H2,1H3;1-5,7H;/q;;+1/p-1. The summed E-state index contributed by atoms with van der Waals surface area (Å²) in [5, 5.41) is 9.39. The van der Waals surface area contributed by atoms with Crippen molar-refractivity contribution in [1.29, 1.82) is 0 Å². The molecule has 0 fully saturated rings. The molecule has 1 atom stereocenters. The molecule has 132 valence electrons. The zero-order valence-corrected chi connectivity index (χ0v) is 17.6. The van der Waals surface area contributed by atoms with Crippen LogP contribution >= 0.6 is 0 Å². The van der Waals surface area contributed by atoms with Crippen molar-refractivity contribution in [3.8, 4) is 5.75 Å². The molecule has 0 heterocycles. The monoisotopic (exact) mass is 517 g/mol. The number of para-hydroxylation sites is 1. The van der Waals surface area contributed by atoms with Gasteiger partial charge in [0.2, 0.25) is 0 Å². The number of hydrogen-bond acceptors (Lipinski definition) is 3. The van der Waals surface area contributed by atoms with E-state index < -0.39 is 24.0 Å². The molecule has 0 amide bonds. The fraction of sp³-hybridized carbons (Fsp3) is 0.684. The van der Waals surface area contributed by atoms with Gasteiger partial charge in [0.15, 0.2) is 0 Å². The van der Waals surface area contributed by atoms with Gasteiger partial charge in [0.05, 0.1) is 0 Å². The SMILES string of the molecule is CCCCCCCCCC(CO)OC[CH2][Po][O]c1ccccc1. The molecule has 0 spiro atoms. The Balaban J connectivity index is 1.94. The number of benzene rings is 1. The average molecular weight is 517 g/mol. The Morgan fingerprint density at radius 1 is 1.00 bits per heavy atom. The molecule has 0 radical (unpaired) electrons. The van der Waals surface area contributed by atoms with Crippen LogP contribution in [0.2, 0.25) is 4.08 Å². The molecule has 0 aromatic heterocycles. The van der Waals surface area contributed by atoms with E-state index in [2.05, 4.69) is 6.92 Å². The molecule has 1 N–H and O–H groups in total.